The maximum absolute atomic E-state index is 13.1. The van der Waals surface area contributed by atoms with Crippen molar-refractivity contribution < 1.29 is 9.31 Å². The first-order valence-corrected chi connectivity index (χ1v) is 6.04. The minimum Gasteiger partial charge on any atom is -0.334 e. The van der Waals surface area contributed by atoms with Crippen LogP contribution < -0.4 is 5.32 Å². The van der Waals surface area contributed by atoms with Crippen molar-refractivity contribution in [3.63, 3.8) is 0 Å². The van der Waals surface area contributed by atoms with E-state index in [2.05, 4.69) is 15.3 Å². The Bertz CT molecular complexity index is 696. The molecule has 0 saturated heterocycles. The summed E-state index contributed by atoms with van der Waals surface area (Å²) in [5.74, 6) is -0.682. The van der Waals surface area contributed by atoms with Crippen LogP contribution in [0.1, 0.15) is 5.69 Å². The van der Waals surface area contributed by atoms with Crippen LogP contribution in [0.5, 0.6) is 0 Å². The summed E-state index contributed by atoms with van der Waals surface area (Å²) in [5.41, 5.74) is 0.147. The van der Waals surface area contributed by atoms with E-state index >= 15 is 0 Å². The van der Waals surface area contributed by atoms with Crippen molar-refractivity contribution in [1.82, 2.24) is 9.97 Å². The summed E-state index contributed by atoms with van der Waals surface area (Å²) in [6.07, 6.45) is 0. The molecule has 0 atom stereocenters. The van der Waals surface area contributed by atoms with Gasteiger partial charge in [0.15, 0.2) is 0 Å². The molecule has 20 heavy (non-hydrogen) atoms. The van der Waals surface area contributed by atoms with Gasteiger partial charge >= 0.3 is 5.69 Å². The molecule has 0 unspecified atom stereocenters. The van der Waals surface area contributed by atoms with Gasteiger partial charge in [-0.15, -0.1) is 0 Å². The second kappa shape index (κ2) is 5.56. The van der Waals surface area contributed by atoms with Gasteiger partial charge in [0.05, 0.1) is 9.95 Å². The molecule has 1 aromatic heterocycles. The van der Waals surface area contributed by atoms with E-state index in [9.17, 15) is 14.5 Å². The quantitative estimate of drug-likeness (QED) is 0.528. The summed E-state index contributed by atoms with van der Waals surface area (Å²) < 4.78 is 13.1. The van der Waals surface area contributed by atoms with Crippen molar-refractivity contribution in [2.24, 2.45) is 0 Å². The topological polar surface area (TPSA) is 81.0 Å². The molecule has 1 N–H and O–H groups in total. The van der Waals surface area contributed by atoms with Crippen molar-refractivity contribution in [3.8, 4) is 0 Å². The fourth-order valence-corrected chi connectivity index (χ4v) is 1.94. The van der Waals surface area contributed by atoms with Gasteiger partial charge in [0.2, 0.25) is 11.1 Å². The third-order valence-corrected chi connectivity index (χ3v) is 2.85. The molecule has 0 aliphatic heterocycles. The summed E-state index contributed by atoms with van der Waals surface area (Å²) in [7, 11) is 0. The van der Waals surface area contributed by atoms with Crippen molar-refractivity contribution in [1.29, 1.82) is 0 Å². The number of nitrogens with one attached hydrogen (secondary N) is 1. The molecule has 0 radical (unpaired) electrons. The van der Waals surface area contributed by atoms with Crippen LogP contribution in [0.3, 0.4) is 0 Å². The number of anilines is 2. The second-order valence-electron chi connectivity index (χ2n) is 3.79. The van der Waals surface area contributed by atoms with Crippen LogP contribution in [0.15, 0.2) is 18.2 Å². The van der Waals surface area contributed by atoms with E-state index in [0.29, 0.717) is 5.69 Å². The number of rotatable bonds is 3. The second-order valence-corrected chi connectivity index (χ2v) is 4.53. The first-order valence-electron chi connectivity index (χ1n) is 5.29. The summed E-state index contributed by atoms with van der Waals surface area (Å²) in [6.45, 7) is 1.44. The van der Waals surface area contributed by atoms with Gasteiger partial charge in [-0.2, -0.15) is 4.98 Å². The lowest BCUT2D eigenvalue weighted by Gasteiger charge is -2.08. The Kier molecular flexibility index (Phi) is 4.01. The van der Waals surface area contributed by atoms with Gasteiger partial charge in [-0.3, -0.25) is 10.1 Å². The number of halogens is 3. The first-order chi connectivity index (χ1) is 9.38. The molecule has 2 rings (SSSR count). The summed E-state index contributed by atoms with van der Waals surface area (Å²) >= 11 is 11.3. The largest absolute Gasteiger partial charge is 0.334 e. The Balaban J connectivity index is 2.47. The smallest absolute Gasteiger partial charge is 0.332 e. The van der Waals surface area contributed by atoms with Crippen LogP contribution in [-0.4, -0.2) is 14.9 Å². The van der Waals surface area contributed by atoms with Gasteiger partial charge in [0.1, 0.15) is 11.5 Å². The van der Waals surface area contributed by atoms with Gasteiger partial charge in [0, 0.05) is 5.69 Å². The average Bonchev–Trinajstić information content (AvgIpc) is 2.32. The molecule has 9 heteroatoms. The monoisotopic (exact) mass is 316 g/mol. The van der Waals surface area contributed by atoms with Crippen LogP contribution in [0.4, 0.5) is 21.6 Å². The highest BCUT2D eigenvalue weighted by Crippen LogP contribution is 2.30. The zero-order valence-electron chi connectivity index (χ0n) is 10.0. The molecule has 1 heterocycles. The number of aryl methyl sites for hydroxylation is 1. The molecule has 1 aromatic carbocycles. The molecule has 104 valence electrons. The van der Waals surface area contributed by atoms with Crippen LogP contribution >= 0.6 is 23.2 Å². The predicted octanol–water partition coefficient (Wildman–Crippen LogP) is 3.88. The van der Waals surface area contributed by atoms with Crippen LogP contribution in [0.25, 0.3) is 0 Å². The summed E-state index contributed by atoms with van der Waals surface area (Å²) in [5, 5.41) is 13.4. The fourth-order valence-electron chi connectivity index (χ4n) is 1.55. The number of hydrogen-bond donors (Lipinski definition) is 1. The Morgan fingerprint density at radius 1 is 1.35 bits per heavy atom. The molecule has 6 nitrogen and oxygen atoms in total. The number of nitro groups is 1. The third kappa shape index (κ3) is 2.94. The molecule has 0 fully saturated rings. The number of hydrogen-bond acceptors (Lipinski definition) is 5. The van der Waals surface area contributed by atoms with Gasteiger partial charge < -0.3 is 5.32 Å². The van der Waals surface area contributed by atoms with Gasteiger partial charge in [0.25, 0.3) is 0 Å². The number of nitrogens with zero attached hydrogens (tertiary/aromatic N) is 3. The lowest BCUT2D eigenvalue weighted by Crippen LogP contribution is -2.04. The minimum absolute atomic E-state index is 0.0878. The highest BCUT2D eigenvalue weighted by Gasteiger charge is 2.22. The van der Waals surface area contributed by atoms with E-state index in [-0.39, 0.29) is 27.5 Å². The minimum atomic E-state index is -0.626. The summed E-state index contributed by atoms with van der Waals surface area (Å²) in [4.78, 5) is 17.9. The molecule has 0 amide bonds. The zero-order chi connectivity index (χ0) is 14.9. The molecule has 0 saturated carbocycles. The lowest BCUT2D eigenvalue weighted by atomic mass is 10.3. The van der Waals surface area contributed by atoms with Crippen molar-refractivity contribution in [3.05, 3.63) is 50.1 Å². The standard InChI is InChI=1S/C11H7Cl2FN4O2/c1-5-9(18(19)20)10(17-11(13)15-5)16-6-2-3-8(14)7(12)4-6/h2-4H,1H3,(H,15,16,17). The van der Waals surface area contributed by atoms with Crippen LogP contribution in [0, 0.1) is 22.9 Å². The average molecular weight is 317 g/mol. The molecule has 0 bridgehead atoms. The fraction of sp³-hybridized carbons (Fsp3) is 0.0909. The number of benzene rings is 1. The van der Waals surface area contributed by atoms with Gasteiger partial charge in [-0.1, -0.05) is 11.6 Å². The maximum Gasteiger partial charge on any atom is 0.332 e. The molecule has 0 aliphatic carbocycles. The Hall–Kier alpha value is -1.99. The van der Waals surface area contributed by atoms with Crippen molar-refractivity contribution in [2.45, 2.75) is 6.92 Å². The first kappa shape index (κ1) is 14.4. The van der Waals surface area contributed by atoms with E-state index < -0.39 is 10.7 Å². The highest BCUT2D eigenvalue weighted by atomic mass is 35.5. The Morgan fingerprint density at radius 3 is 2.65 bits per heavy atom. The maximum atomic E-state index is 13.1. The van der Waals surface area contributed by atoms with E-state index in [1.807, 2.05) is 0 Å². The van der Waals surface area contributed by atoms with E-state index in [1.54, 1.807) is 0 Å². The summed E-state index contributed by atoms with van der Waals surface area (Å²) in [6, 6.07) is 3.79. The molecule has 0 aliphatic rings. The Labute approximate surface area is 122 Å². The van der Waals surface area contributed by atoms with E-state index in [4.69, 9.17) is 23.2 Å². The normalized spacial score (nSPS) is 10.4. The SMILES string of the molecule is Cc1nc(Cl)nc(Nc2ccc(F)c(Cl)c2)c1[N+](=O)[O-]. The van der Waals surface area contributed by atoms with Crippen LogP contribution in [-0.2, 0) is 0 Å². The molecule has 0 spiro atoms. The van der Waals surface area contributed by atoms with Crippen LogP contribution in [0.2, 0.25) is 10.3 Å². The molecular formula is C11H7Cl2FN4O2. The van der Waals surface area contributed by atoms with E-state index in [0.717, 1.165) is 6.07 Å². The van der Waals surface area contributed by atoms with Gasteiger partial charge in [-0.25, -0.2) is 9.37 Å². The number of aromatic nitrogens is 2. The zero-order valence-corrected chi connectivity index (χ0v) is 11.5. The third-order valence-electron chi connectivity index (χ3n) is 2.40. The Morgan fingerprint density at radius 2 is 2.05 bits per heavy atom. The lowest BCUT2D eigenvalue weighted by molar-refractivity contribution is -0.385. The van der Waals surface area contributed by atoms with Gasteiger partial charge in [-0.05, 0) is 36.7 Å². The van der Waals surface area contributed by atoms with Crippen molar-refractivity contribution in [2.75, 3.05) is 5.32 Å². The molecular weight excluding hydrogens is 310 g/mol. The highest BCUT2D eigenvalue weighted by molar-refractivity contribution is 6.31. The molecule has 2 aromatic rings. The van der Waals surface area contributed by atoms with Crippen molar-refractivity contribution >= 4 is 40.4 Å². The predicted molar refractivity (Wildman–Crippen MR) is 73.1 cm³/mol. The van der Waals surface area contributed by atoms with E-state index in [1.165, 1.54) is 19.1 Å².